The summed E-state index contributed by atoms with van der Waals surface area (Å²) in [6.07, 6.45) is 2.02. The molecule has 0 bridgehead atoms. The lowest BCUT2D eigenvalue weighted by Crippen LogP contribution is -2.04. The zero-order chi connectivity index (χ0) is 6.65. The van der Waals surface area contributed by atoms with Crippen LogP contribution in [0.3, 0.4) is 0 Å². The molecule has 0 amide bonds. The van der Waals surface area contributed by atoms with Crippen LogP contribution >= 0.6 is 0 Å². The van der Waals surface area contributed by atoms with Crippen molar-refractivity contribution >= 4 is 5.78 Å². The molecule has 1 heteroatoms. The summed E-state index contributed by atoms with van der Waals surface area (Å²) in [5, 5.41) is 0. The van der Waals surface area contributed by atoms with Gasteiger partial charge in [0.2, 0.25) is 0 Å². The predicted octanol–water partition coefficient (Wildman–Crippen LogP) is 1.62. The quantitative estimate of drug-likeness (QED) is 0.479. The summed E-state index contributed by atoms with van der Waals surface area (Å²) in [6.45, 7) is 4.42. The van der Waals surface area contributed by atoms with Gasteiger partial charge in [-0.3, -0.25) is 4.79 Å². The van der Waals surface area contributed by atoms with Crippen molar-refractivity contribution in [1.82, 2.24) is 0 Å². The van der Waals surface area contributed by atoms with Crippen LogP contribution in [0.1, 0.15) is 26.7 Å². The Hall–Kier alpha value is -0.330. The van der Waals surface area contributed by atoms with E-state index < -0.39 is 0 Å². The molecule has 2 saturated carbocycles. The molecule has 2 aliphatic rings. The van der Waals surface area contributed by atoms with Gasteiger partial charge in [0.25, 0.3) is 0 Å². The van der Waals surface area contributed by atoms with Crippen molar-refractivity contribution in [2.45, 2.75) is 26.7 Å². The van der Waals surface area contributed by atoms with Crippen molar-refractivity contribution in [1.29, 1.82) is 0 Å². The first-order chi connectivity index (χ1) is 4.14. The molecule has 0 unspecified atom stereocenters. The van der Waals surface area contributed by atoms with Gasteiger partial charge in [0.1, 0.15) is 5.78 Å². The lowest BCUT2D eigenvalue weighted by Gasteiger charge is -2.04. The molecule has 2 rings (SSSR count). The highest BCUT2D eigenvalue weighted by molar-refractivity contribution is 5.87. The van der Waals surface area contributed by atoms with Gasteiger partial charge in [-0.2, -0.15) is 0 Å². The molecule has 0 heterocycles. The van der Waals surface area contributed by atoms with Crippen molar-refractivity contribution in [2.75, 3.05) is 0 Å². The summed E-state index contributed by atoms with van der Waals surface area (Å²) in [4.78, 5) is 11.0. The highest BCUT2D eigenvalue weighted by Crippen LogP contribution is 2.64. The third-order valence-corrected chi connectivity index (χ3v) is 3.10. The molecule has 9 heavy (non-hydrogen) atoms. The molecule has 0 N–H and O–H groups in total. The van der Waals surface area contributed by atoms with E-state index in [9.17, 15) is 4.79 Å². The summed E-state index contributed by atoms with van der Waals surface area (Å²) in [7, 11) is 0. The van der Waals surface area contributed by atoms with Crippen LogP contribution in [0.25, 0.3) is 0 Å². The van der Waals surface area contributed by atoms with Crippen LogP contribution in [0, 0.1) is 17.3 Å². The number of hydrogen-bond acceptors (Lipinski definition) is 1. The molecule has 1 nitrogen and oxygen atoms in total. The monoisotopic (exact) mass is 124 g/mol. The van der Waals surface area contributed by atoms with Crippen molar-refractivity contribution < 1.29 is 4.79 Å². The molecule has 50 valence electrons. The molecule has 0 aromatic heterocycles. The maximum atomic E-state index is 11.0. The topological polar surface area (TPSA) is 17.1 Å². The normalized spacial score (nSPS) is 44.9. The van der Waals surface area contributed by atoms with Crippen LogP contribution < -0.4 is 0 Å². The molecule has 0 radical (unpaired) electrons. The second kappa shape index (κ2) is 1.23. The molecule has 0 saturated heterocycles. The van der Waals surface area contributed by atoms with Gasteiger partial charge in [0, 0.05) is 12.3 Å². The van der Waals surface area contributed by atoms with Crippen LogP contribution in [0.2, 0.25) is 0 Å². The van der Waals surface area contributed by atoms with E-state index in [1.54, 1.807) is 0 Å². The summed E-state index contributed by atoms with van der Waals surface area (Å²) < 4.78 is 0. The van der Waals surface area contributed by atoms with Crippen LogP contribution in [0.4, 0.5) is 0 Å². The van der Waals surface area contributed by atoms with Crippen molar-refractivity contribution in [3.05, 3.63) is 0 Å². The number of Topliss-reactive ketones (excluding diaryl/α,β-unsaturated/α-hetero) is 1. The molecule has 2 atom stereocenters. The van der Waals surface area contributed by atoms with E-state index in [0.29, 0.717) is 17.1 Å². The molecular weight excluding hydrogens is 112 g/mol. The first-order valence-corrected chi connectivity index (χ1v) is 3.67. The minimum atomic E-state index is 0.384. The van der Waals surface area contributed by atoms with E-state index in [1.807, 2.05) is 0 Å². The van der Waals surface area contributed by atoms with Gasteiger partial charge in [-0.25, -0.2) is 0 Å². The summed E-state index contributed by atoms with van der Waals surface area (Å²) in [5.41, 5.74) is 0.384. The molecule has 0 aromatic rings. The van der Waals surface area contributed by atoms with Crippen molar-refractivity contribution in [3.8, 4) is 0 Å². The Morgan fingerprint density at radius 2 is 2.22 bits per heavy atom. The molecular formula is C8H12O. The average Bonchev–Trinajstić information content (AvgIpc) is 2.19. The minimum Gasteiger partial charge on any atom is -0.299 e. The van der Waals surface area contributed by atoms with Gasteiger partial charge in [-0.1, -0.05) is 13.8 Å². The Morgan fingerprint density at radius 1 is 1.56 bits per heavy atom. The van der Waals surface area contributed by atoms with Crippen LogP contribution in [-0.2, 0) is 4.79 Å². The number of fused-ring (bicyclic) bond motifs is 1. The Labute approximate surface area is 55.4 Å². The number of carbonyl (C=O) groups excluding carboxylic acids is 1. The first-order valence-electron chi connectivity index (χ1n) is 3.67. The standard InChI is InChI=1S/C8H12O/c1-8(2)5-3-4-6(9)7(5)8/h5,7H,3-4H2,1-2H3/t5-,7+/m0/s1. The largest absolute Gasteiger partial charge is 0.299 e. The minimum absolute atomic E-state index is 0.384. The van der Waals surface area contributed by atoms with E-state index >= 15 is 0 Å². The second-order valence-corrected chi connectivity index (χ2v) is 3.91. The SMILES string of the molecule is CC1(C)[C@H]2CCC(=O)[C@@H]21. The van der Waals surface area contributed by atoms with Gasteiger partial charge >= 0.3 is 0 Å². The number of carbonyl (C=O) groups is 1. The maximum absolute atomic E-state index is 11.0. The molecule has 0 aliphatic heterocycles. The van der Waals surface area contributed by atoms with Crippen molar-refractivity contribution in [2.24, 2.45) is 17.3 Å². The average molecular weight is 124 g/mol. The molecule has 0 aromatic carbocycles. The van der Waals surface area contributed by atoms with Gasteiger partial charge in [0.15, 0.2) is 0 Å². The fourth-order valence-electron chi connectivity index (χ4n) is 2.38. The van der Waals surface area contributed by atoms with Crippen LogP contribution in [0.5, 0.6) is 0 Å². The highest BCUT2D eigenvalue weighted by atomic mass is 16.1. The maximum Gasteiger partial charge on any atom is 0.136 e. The highest BCUT2D eigenvalue weighted by Gasteiger charge is 2.63. The zero-order valence-electron chi connectivity index (χ0n) is 5.98. The van der Waals surface area contributed by atoms with Gasteiger partial charge in [-0.15, -0.1) is 0 Å². The third kappa shape index (κ3) is 0.480. The number of hydrogen-bond donors (Lipinski definition) is 0. The van der Waals surface area contributed by atoms with E-state index in [2.05, 4.69) is 13.8 Å². The third-order valence-electron chi connectivity index (χ3n) is 3.10. The fraction of sp³-hybridized carbons (Fsp3) is 0.875. The van der Waals surface area contributed by atoms with Gasteiger partial charge in [0.05, 0.1) is 0 Å². The zero-order valence-corrected chi connectivity index (χ0v) is 5.98. The lowest BCUT2D eigenvalue weighted by molar-refractivity contribution is -0.119. The number of rotatable bonds is 0. The Bertz CT molecular complexity index is 169. The Balaban J connectivity index is 2.23. The van der Waals surface area contributed by atoms with Gasteiger partial charge in [-0.05, 0) is 17.8 Å². The number of ketones is 1. The summed E-state index contributed by atoms with van der Waals surface area (Å²) in [5.74, 6) is 1.73. The van der Waals surface area contributed by atoms with E-state index in [0.717, 1.165) is 18.8 Å². The fourth-order valence-corrected chi connectivity index (χ4v) is 2.38. The van der Waals surface area contributed by atoms with E-state index in [-0.39, 0.29) is 0 Å². The lowest BCUT2D eigenvalue weighted by atomic mass is 10.0. The van der Waals surface area contributed by atoms with E-state index in [4.69, 9.17) is 0 Å². The molecule has 2 aliphatic carbocycles. The van der Waals surface area contributed by atoms with Crippen molar-refractivity contribution in [3.63, 3.8) is 0 Å². The first kappa shape index (κ1) is 5.45. The predicted molar refractivity (Wildman–Crippen MR) is 35.0 cm³/mol. The molecule has 0 spiro atoms. The van der Waals surface area contributed by atoms with E-state index in [1.165, 1.54) is 0 Å². The van der Waals surface area contributed by atoms with Gasteiger partial charge < -0.3 is 0 Å². The Morgan fingerprint density at radius 3 is 2.44 bits per heavy atom. The summed E-state index contributed by atoms with van der Waals surface area (Å²) >= 11 is 0. The molecule has 2 fully saturated rings. The second-order valence-electron chi connectivity index (χ2n) is 3.91. The smallest absolute Gasteiger partial charge is 0.136 e. The van der Waals surface area contributed by atoms with Crippen LogP contribution in [-0.4, -0.2) is 5.78 Å². The summed E-state index contributed by atoms with van der Waals surface area (Å²) in [6, 6.07) is 0. The Kier molecular flexibility index (Phi) is 0.744. The van der Waals surface area contributed by atoms with Crippen LogP contribution in [0.15, 0.2) is 0 Å².